The van der Waals surface area contributed by atoms with E-state index < -0.39 is 27.8 Å². The third-order valence-electron chi connectivity index (χ3n) is 9.62. The monoisotopic (exact) mass is 648 g/mol. The van der Waals surface area contributed by atoms with Crippen molar-refractivity contribution in [2.24, 2.45) is 5.92 Å². The molecule has 0 saturated heterocycles. The Labute approximate surface area is 272 Å². The molecule has 1 aliphatic carbocycles. The lowest BCUT2D eigenvalue weighted by molar-refractivity contribution is -0.138. The van der Waals surface area contributed by atoms with Crippen molar-refractivity contribution < 1.29 is 23.4 Å². The summed E-state index contributed by atoms with van der Waals surface area (Å²) in [5, 5.41) is 11.9. The van der Waals surface area contributed by atoms with Crippen LogP contribution in [0.3, 0.4) is 0 Å². The Morgan fingerprint density at radius 1 is 0.956 bits per heavy atom. The van der Waals surface area contributed by atoms with Crippen LogP contribution in [0.15, 0.2) is 72.8 Å². The van der Waals surface area contributed by atoms with Crippen LogP contribution >= 0.6 is 7.37 Å². The predicted octanol–water partition coefficient (Wildman–Crippen LogP) is 8.31. The molecule has 0 heterocycles. The summed E-state index contributed by atoms with van der Waals surface area (Å²) < 4.78 is 27.6. The highest BCUT2D eigenvalue weighted by atomic mass is 31.2. The normalized spacial score (nSPS) is 16.7. The van der Waals surface area contributed by atoms with Gasteiger partial charge in [0.25, 0.3) is 8.32 Å². The Balaban J connectivity index is 1.66. The molecule has 0 amide bonds. The van der Waals surface area contributed by atoms with E-state index in [0.717, 1.165) is 16.8 Å². The number of aliphatic carboxylic acids is 1. The zero-order valence-corrected chi connectivity index (χ0v) is 30.1. The van der Waals surface area contributed by atoms with Crippen LogP contribution in [0, 0.1) is 19.8 Å². The number of benzene rings is 3. The fourth-order valence-corrected chi connectivity index (χ4v) is 14.2. The molecule has 3 aromatic rings. The molecule has 0 radical (unpaired) electrons. The second-order valence-electron chi connectivity index (χ2n) is 14.1. The average Bonchev–Trinajstić information content (AvgIpc) is 3.00. The highest BCUT2D eigenvalue weighted by Gasteiger charge is 2.52. The standard InChI is InChI=1S/C38H53O5PSi/c1-29-24-30(2)36(32(25-29)26-31-16-10-7-11-17-31)22-23-44(41,42-6)28-33(27-37(39)40)43-45(38(3,4)5,34-18-12-8-13-19-34)35-20-14-9-15-21-35/h8-9,12-15,18-21,24-25,31,33H,7,10-11,16-17,22-23,26-28H2,1-6H3,(H,39,40). The van der Waals surface area contributed by atoms with E-state index in [-0.39, 0.29) is 17.6 Å². The quantitative estimate of drug-likeness (QED) is 0.141. The van der Waals surface area contributed by atoms with Crippen molar-refractivity contribution in [3.63, 3.8) is 0 Å². The maximum Gasteiger partial charge on any atom is 0.305 e. The van der Waals surface area contributed by atoms with Gasteiger partial charge in [-0.1, -0.05) is 131 Å². The summed E-state index contributed by atoms with van der Waals surface area (Å²) in [7, 11) is -4.82. The fraction of sp³-hybridized carbons (Fsp3) is 0.500. The van der Waals surface area contributed by atoms with Crippen molar-refractivity contribution in [1.29, 1.82) is 0 Å². The highest BCUT2D eigenvalue weighted by molar-refractivity contribution is 7.59. The average molecular weight is 649 g/mol. The van der Waals surface area contributed by atoms with Crippen LogP contribution in [0.2, 0.25) is 5.04 Å². The number of hydrogen-bond donors (Lipinski definition) is 1. The third kappa shape index (κ3) is 8.86. The minimum absolute atomic E-state index is 0.0587. The number of aryl methyl sites for hydroxylation is 2. The molecule has 5 nitrogen and oxygen atoms in total. The van der Waals surface area contributed by atoms with E-state index in [0.29, 0.717) is 18.5 Å². The van der Waals surface area contributed by atoms with Crippen molar-refractivity contribution in [2.45, 2.75) is 97.1 Å². The van der Waals surface area contributed by atoms with Gasteiger partial charge in [-0.25, -0.2) is 0 Å². The largest absolute Gasteiger partial charge is 0.481 e. The molecule has 0 bridgehead atoms. The molecule has 45 heavy (non-hydrogen) atoms. The maximum absolute atomic E-state index is 14.6. The number of carboxylic acid groups (broad SMARTS) is 1. The molecule has 7 heteroatoms. The lowest BCUT2D eigenvalue weighted by Crippen LogP contribution is -2.68. The van der Waals surface area contributed by atoms with Gasteiger partial charge in [-0.2, -0.15) is 0 Å². The lowest BCUT2D eigenvalue weighted by Gasteiger charge is -2.45. The third-order valence-corrected chi connectivity index (χ3v) is 17.2. The van der Waals surface area contributed by atoms with Gasteiger partial charge in [-0.05, 0) is 64.7 Å². The molecule has 4 rings (SSSR count). The van der Waals surface area contributed by atoms with Crippen LogP contribution < -0.4 is 10.4 Å². The Morgan fingerprint density at radius 2 is 1.53 bits per heavy atom. The Kier molecular flexibility index (Phi) is 12.1. The van der Waals surface area contributed by atoms with Crippen LogP contribution in [0.25, 0.3) is 0 Å². The van der Waals surface area contributed by atoms with E-state index in [1.54, 1.807) is 0 Å². The molecule has 2 atom stereocenters. The van der Waals surface area contributed by atoms with Gasteiger partial charge in [0.15, 0.2) is 0 Å². The fourth-order valence-electron chi connectivity index (χ4n) is 7.46. The molecular weight excluding hydrogens is 595 g/mol. The molecule has 1 aliphatic rings. The first-order valence-electron chi connectivity index (χ1n) is 16.6. The van der Waals surface area contributed by atoms with E-state index >= 15 is 0 Å². The topological polar surface area (TPSA) is 72.8 Å². The van der Waals surface area contributed by atoms with Crippen molar-refractivity contribution in [3.05, 3.63) is 95.1 Å². The van der Waals surface area contributed by atoms with Gasteiger partial charge < -0.3 is 14.1 Å². The van der Waals surface area contributed by atoms with Gasteiger partial charge in [0.1, 0.15) is 0 Å². The summed E-state index contributed by atoms with van der Waals surface area (Å²) in [5.74, 6) is -0.266. The summed E-state index contributed by atoms with van der Waals surface area (Å²) in [4.78, 5) is 12.3. The SMILES string of the molecule is COP(=O)(CCc1c(C)cc(C)cc1CC1CCCCC1)CC(CC(=O)O)O[Si](c1ccccc1)(c1ccccc1)C(C)(C)C. The van der Waals surface area contributed by atoms with E-state index in [2.05, 4.69) is 71.0 Å². The van der Waals surface area contributed by atoms with Gasteiger partial charge in [-0.3, -0.25) is 9.36 Å². The smallest absolute Gasteiger partial charge is 0.305 e. The van der Waals surface area contributed by atoms with Crippen LogP contribution in [0.4, 0.5) is 0 Å². The molecule has 0 aliphatic heterocycles. The Morgan fingerprint density at radius 3 is 2.04 bits per heavy atom. The highest BCUT2D eigenvalue weighted by Crippen LogP contribution is 2.49. The molecule has 1 saturated carbocycles. The lowest BCUT2D eigenvalue weighted by atomic mass is 9.82. The van der Waals surface area contributed by atoms with Crippen LogP contribution in [0.5, 0.6) is 0 Å². The van der Waals surface area contributed by atoms with Gasteiger partial charge in [0.05, 0.1) is 18.7 Å². The van der Waals surface area contributed by atoms with Crippen molar-refractivity contribution in [3.8, 4) is 0 Å². The van der Waals surface area contributed by atoms with Crippen molar-refractivity contribution in [1.82, 2.24) is 0 Å². The Hall–Kier alpha value is -2.50. The second-order valence-corrected chi connectivity index (χ2v) is 21.1. The molecular formula is C38H53O5PSi. The molecule has 244 valence electrons. The predicted molar refractivity (Wildman–Crippen MR) is 189 cm³/mol. The molecule has 0 spiro atoms. The first-order valence-corrected chi connectivity index (χ1v) is 20.5. The van der Waals surface area contributed by atoms with Gasteiger partial charge >= 0.3 is 5.97 Å². The summed E-state index contributed by atoms with van der Waals surface area (Å²) in [6.45, 7) is 10.8. The number of hydrogen-bond acceptors (Lipinski definition) is 4. The molecule has 0 aromatic heterocycles. The van der Waals surface area contributed by atoms with Crippen LogP contribution in [0.1, 0.15) is 81.5 Å². The summed E-state index contributed by atoms with van der Waals surface area (Å²) >= 11 is 0. The zero-order chi connectivity index (χ0) is 32.7. The van der Waals surface area contributed by atoms with E-state index in [1.807, 2.05) is 36.4 Å². The van der Waals surface area contributed by atoms with E-state index in [9.17, 15) is 14.5 Å². The van der Waals surface area contributed by atoms with Crippen molar-refractivity contribution >= 4 is 32.0 Å². The van der Waals surface area contributed by atoms with Crippen LogP contribution in [-0.4, -0.2) is 44.9 Å². The Bertz CT molecular complexity index is 1400. The minimum atomic E-state index is -3.26. The summed E-state index contributed by atoms with van der Waals surface area (Å²) in [6.07, 6.45) is 7.59. The van der Waals surface area contributed by atoms with Crippen molar-refractivity contribution in [2.75, 3.05) is 19.4 Å². The van der Waals surface area contributed by atoms with E-state index in [1.165, 1.54) is 61.5 Å². The molecule has 3 aromatic carbocycles. The summed E-state index contributed by atoms with van der Waals surface area (Å²) in [5.41, 5.74) is 5.13. The molecule has 2 unspecified atom stereocenters. The first kappa shape index (κ1) is 35.4. The zero-order valence-electron chi connectivity index (χ0n) is 28.2. The van der Waals surface area contributed by atoms with Gasteiger partial charge in [0.2, 0.25) is 7.37 Å². The van der Waals surface area contributed by atoms with Crippen LogP contribution in [-0.2, 0) is 31.2 Å². The summed E-state index contributed by atoms with van der Waals surface area (Å²) in [6, 6.07) is 24.9. The minimum Gasteiger partial charge on any atom is -0.481 e. The van der Waals surface area contributed by atoms with Gasteiger partial charge in [0, 0.05) is 13.3 Å². The second kappa shape index (κ2) is 15.4. The number of carboxylic acids is 1. The van der Waals surface area contributed by atoms with E-state index in [4.69, 9.17) is 8.95 Å². The van der Waals surface area contributed by atoms with Gasteiger partial charge in [-0.15, -0.1) is 0 Å². The molecule has 1 fully saturated rings. The molecule has 1 N–H and O–H groups in total. The maximum atomic E-state index is 14.6. The first-order chi connectivity index (χ1) is 21.4. The number of carbonyl (C=O) groups is 1. The number of rotatable bonds is 14.